The molecule has 1 saturated carbocycles. The molecular formula is C14H29NOS. The molecule has 0 saturated heterocycles. The first-order valence-electron chi connectivity index (χ1n) is 6.96. The van der Waals surface area contributed by atoms with Crippen LogP contribution in [0.15, 0.2) is 0 Å². The van der Waals surface area contributed by atoms with Gasteiger partial charge in [-0.1, -0.05) is 27.2 Å². The Balaban J connectivity index is 2.22. The van der Waals surface area contributed by atoms with Gasteiger partial charge in [0.2, 0.25) is 0 Å². The van der Waals surface area contributed by atoms with Crippen LogP contribution >= 0.6 is 0 Å². The Morgan fingerprint density at radius 2 is 2.06 bits per heavy atom. The largest absolute Gasteiger partial charge is 0.314 e. The molecule has 17 heavy (non-hydrogen) atoms. The summed E-state index contributed by atoms with van der Waals surface area (Å²) < 4.78 is 11.2. The number of hydrogen-bond donors (Lipinski definition) is 1. The first-order valence-corrected chi connectivity index (χ1v) is 8.58. The molecule has 0 spiro atoms. The lowest BCUT2D eigenvalue weighted by atomic mass is 9.85. The van der Waals surface area contributed by atoms with Crippen LogP contribution < -0.4 is 5.32 Å². The van der Waals surface area contributed by atoms with Crippen molar-refractivity contribution in [1.29, 1.82) is 0 Å². The van der Waals surface area contributed by atoms with Crippen LogP contribution in [0.1, 0.15) is 59.3 Å². The molecule has 0 aromatic carbocycles. The average Bonchev–Trinajstić information content (AvgIpc) is 2.40. The molecule has 1 N–H and O–H groups in total. The van der Waals surface area contributed by atoms with Gasteiger partial charge in [-0.3, -0.25) is 4.21 Å². The fourth-order valence-electron chi connectivity index (χ4n) is 2.52. The fraction of sp³-hybridized carbons (Fsp3) is 1.00. The zero-order valence-corrected chi connectivity index (χ0v) is 12.7. The van der Waals surface area contributed by atoms with Gasteiger partial charge in [-0.15, -0.1) is 0 Å². The van der Waals surface area contributed by atoms with Gasteiger partial charge in [-0.2, -0.15) is 0 Å². The van der Waals surface area contributed by atoms with Gasteiger partial charge < -0.3 is 5.32 Å². The average molecular weight is 259 g/mol. The van der Waals surface area contributed by atoms with Crippen LogP contribution in [0.25, 0.3) is 0 Å². The fourth-order valence-corrected chi connectivity index (χ4v) is 2.97. The highest BCUT2D eigenvalue weighted by Gasteiger charge is 2.23. The predicted molar refractivity (Wildman–Crippen MR) is 76.8 cm³/mol. The molecular weight excluding hydrogens is 230 g/mol. The third-order valence-electron chi connectivity index (χ3n) is 4.13. The quantitative estimate of drug-likeness (QED) is 0.769. The van der Waals surface area contributed by atoms with E-state index in [-0.39, 0.29) is 0 Å². The first kappa shape index (κ1) is 15.2. The van der Waals surface area contributed by atoms with Gasteiger partial charge in [0, 0.05) is 28.3 Å². The smallest absolute Gasteiger partial charge is 0.0329 e. The van der Waals surface area contributed by atoms with Crippen LogP contribution in [0.4, 0.5) is 0 Å². The Hall–Kier alpha value is 0.110. The Kier molecular flexibility index (Phi) is 6.14. The van der Waals surface area contributed by atoms with Crippen molar-refractivity contribution < 1.29 is 4.21 Å². The van der Waals surface area contributed by atoms with Crippen molar-refractivity contribution >= 4 is 10.8 Å². The van der Waals surface area contributed by atoms with Crippen molar-refractivity contribution in [2.24, 2.45) is 5.41 Å². The molecule has 2 nitrogen and oxygen atoms in total. The summed E-state index contributed by atoms with van der Waals surface area (Å²) in [5.41, 5.74) is 0.536. The normalized spacial score (nSPS) is 28.4. The lowest BCUT2D eigenvalue weighted by Gasteiger charge is -2.22. The monoisotopic (exact) mass is 259 g/mol. The molecule has 1 aliphatic carbocycles. The molecule has 102 valence electrons. The van der Waals surface area contributed by atoms with Crippen molar-refractivity contribution in [3.63, 3.8) is 0 Å². The summed E-state index contributed by atoms with van der Waals surface area (Å²) in [5.74, 6) is 0. The first-order chi connectivity index (χ1) is 7.91. The van der Waals surface area contributed by atoms with Crippen molar-refractivity contribution in [3.8, 4) is 0 Å². The second kappa shape index (κ2) is 6.89. The molecule has 3 unspecified atom stereocenters. The molecule has 0 aromatic rings. The van der Waals surface area contributed by atoms with Crippen LogP contribution in [0.2, 0.25) is 0 Å². The molecule has 3 heteroatoms. The lowest BCUT2D eigenvalue weighted by molar-refractivity contribution is 0.309. The van der Waals surface area contributed by atoms with E-state index in [4.69, 9.17) is 0 Å². The molecule has 0 aliphatic heterocycles. The van der Waals surface area contributed by atoms with Gasteiger partial charge in [0.15, 0.2) is 0 Å². The van der Waals surface area contributed by atoms with Crippen molar-refractivity contribution in [3.05, 3.63) is 0 Å². The second-order valence-electron chi connectivity index (χ2n) is 6.34. The predicted octanol–water partition coefficient (Wildman–Crippen LogP) is 3.09. The molecule has 1 fully saturated rings. The Morgan fingerprint density at radius 3 is 2.71 bits per heavy atom. The summed E-state index contributed by atoms with van der Waals surface area (Å²) in [6.45, 7) is 7.87. The number of rotatable bonds is 5. The molecule has 0 bridgehead atoms. The minimum absolute atomic E-state index is 0.324. The highest BCUT2D eigenvalue weighted by atomic mass is 32.2. The maximum Gasteiger partial charge on any atom is 0.0329 e. The second-order valence-corrected chi connectivity index (χ2v) is 8.15. The van der Waals surface area contributed by atoms with Crippen LogP contribution in [0.3, 0.4) is 0 Å². The van der Waals surface area contributed by atoms with E-state index >= 15 is 0 Å². The van der Waals surface area contributed by atoms with Crippen LogP contribution in [0.5, 0.6) is 0 Å². The van der Waals surface area contributed by atoms with Gasteiger partial charge in [-0.25, -0.2) is 0 Å². The zero-order valence-electron chi connectivity index (χ0n) is 11.9. The lowest BCUT2D eigenvalue weighted by Crippen LogP contribution is -2.31. The molecule has 1 aliphatic rings. The van der Waals surface area contributed by atoms with Crippen molar-refractivity contribution in [2.75, 3.05) is 12.8 Å². The van der Waals surface area contributed by atoms with E-state index in [0.29, 0.717) is 16.7 Å². The molecule has 0 amide bonds. The summed E-state index contributed by atoms with van der Waals surface area (Å²) in [6, 6.07) is 0.689. The number of hydrogen-bond acceptors (Lipinski definition) is 2. The summed E-state index contributed by atoms with van der Waals surface area (Å²) >= 11 is 0. The third kappa shape index (κ3) is 6.01. The minimum atomic E-state index is -0.673. The van der Waals surface area contributed by atoms with Crippen LogP contribution in [0, 0.1) is 5.41 Å². The third-order valence-corrected chi connectivity index (χ3v) is 5.50. The maximum atomic E-state index is 11.2. The molecule has 0 aromatic heterocycles. The molecule has 0 radical (unpaired) electrons. The Labute approximate surface area is 109 Å². The van der Waals surface area contributed by atoms with E-state index in [1.165, 1.54) is 32.1 Å². The highest BCUT2D eigenvalue weighted by molar-refractivity contribution is 7.84. The van der Waals surface area contributed by atoms with E-state index in [1.54, 1.807) is 6.26 Å². The minimum Gasteiger partial charge on any atom is -0.314 e. The van der Waals surface area contributed by atoms with Gasteiger partial charge in [-0.05, 0) is 44.1 Å². The van der Waals surface area contributed by atoms with Crippen LogP contribution in [-0.2, 0) is 10.8 Å². The van der Waals surface area contributed by atoms with Gasteiger partial charge >= 0.3 is 0 Å². The van der Waals surface area contributed by atoms with E-state index in [0.717, 1.165) is 13.0 Å². The SMILES string of the molecule is CC(CCNC1CCCC(C)(C)CC1)S(C)=O. The highest BCUT2D eigenvalue weighted by Crippen LogP contribution is 2.33. The summed E-state index contributed by atoms with van der Waals surface area (Å²) in [6.07, 6.45) is 9.49. The summed E-state index contributed by atoms with van der Waals surface area (Å²) in [4.78, 5) is 0. The summed E-state index contributed by atoms with van der Waals surface area (Å²) in [5, 5.41) is 3.97. The van der Waals surface area contributed by atoms with E-state index in [1.807, 2.05) is 0 Å². The molecule has 1 rings (SSSR count). The number of nitrogens with one attached hydrogen (secondary N) is 1. The van der Waals surface area contributed by atoms with Gasteiger partial charge in [0.25, 0.3) is 0 Å². The zero-order chi connectivity index (χ0) is 12.9. The van der Waals surface area contributed by atoms with E-state index < -0.39 is 10.8 Å². The Bertz CT molecular complexity index is 253. The summed E-state index contributed by atoms with van der Waals surface area (Å²) in [7, 11) is -0.673. The van der Waals surface area contributed by atoms with Crippen molar-refractivity contribution in [1.82, 2.24) is 5.32 Å². The topological polar surface area (TPSA) is 29.1 Å². The van der Waals surface area contributed by atoms with Crippen LogP contribution in [-0.4, -0.2) is 28.3 Å². The molecule has 0 heterocycles. The van der Waals surface area contributed by atoms with Crippen molar-refractivity contribution in [2.45, 2.75) is 70.6 Å². The standard InChI is InChI=1S/C14H29NOS/c1-12(17(4)16)8-11-15-13-6-5-9-14(2,3)10-7-13/h12-13,15H,5-11H2,1-4H3. The van der Waals surface area contributed by atoms with E-state index in [2.05, 4.69) is 26.1 Å². The van der Waals surface area contributed by atoms with Gasteiger partial charge in [0.1, 0.15) is 0 Å². The van der Waals surface area contributed by atoms with E-state index in [9.17, 15) is 4.21 Å². The van der Waals surface area contributed by atoms with Gasteiger partial charge in [0.05, 0.1) is 0 Å². The maximum absolute atomic E-state index is 11.2. The Morgan fingerprint density at radius 1 is 1.35 bits per heavy atom. The molecule has 3 atom stereocenters.